The van der Waals surface area contributed by atoms with Crippen LogP contribution in [0.5, 0.6) is 0 Å². The van der Waals surface area contributed by atoms with Crippen LogP contribution in [-0.4, -0.2) is 17.4 Å². The molecule has 0 aliphatic rings. The molecule has 0 fully saturated rings. The molecule has 1 aromatic carbocycles. The molecule has 0 aliphatic heterocycles. The number of rotatable bonds is 3. The molecular formula is C15H20N2O. The molecule has 3 nitrogen and oxygen atoms in total. The highest BCUT2D eigenvalue weighted by molar-refractivity contribution is 6.09. The van der Waals surface area contributed by atoms with Gasteiger partial charge in [0.15, 0.2) is 0 Å². The molecule has 0 N–H and O–H groups in total. The Kier molecular flexibility index (Phi) is 3.41. The van der Waals surface area contributed by atoms with Crippen molar-refractivity contribution in [3.05, 3.63) is 35.5 Å². The van der Waals surface area contributed by atoms with Gasteiger partial charge in [0.2, 0.25) is 0 Å². The summed E-state index contributed by atoms with van der Waals surface area (Å²) in [5, 5.41) is 5.27. The zero-order valence-electron chi connectivity index (χ0n) is 11.7. The summed E-state index contributed by atoms with van der Waals surface area (Å²) in [7, 11) is 3.63. The maximum atomic E-state index is 4.87. The van der Waals surface area contributed by atoms with Crippen molar-refractivity contribution < 1.29 is 4.84 Å². The van der Waals surface area contributed by atoms with E-state index >= 15 is 0 Å². The smallest absolute Gasteiger partial charge is 0.106 e. The molecule has 0 saturated carbocycles. The molecule has 2 rings (SSSR count). The molecule has 2 aromatic rings. The van der Waals surface area contributed by atoms with Crippen molar-refractivity contribution in [2.45, 2.75) is 26.7 Å². The summed E-state index contributed by atoms with van der Waals surface area (Å²) in [6.07, 6.45) is 2.10. The number of aryl methyl sites for hydroxylation is 1. The third-order valence-electron chi connectivity index (χ3n) is 3.30. The minimum Gasteiger partial charge on any atom is -0.399 e. The third-order valence-corrected chi connectivity index (χ3v) is 3.30. The predicted octanol–water partition coefficient (Wildman–Crippen LogP) is 3.67. The molecule has 0 aliphatic carbocycles. The average Bonchev–Trinajstić information content (AvgIpc) is 2.67. The van der Waals surface area contributed by atoms with E-state index in [1.54, 1.807) is 7.11 Å². The van der Waals surface area contributed by atoms with E-state index in [-0.39, 0.29) is 0 Å². The largest absolute Gasteiger partial charge is 0.399 e. The Balaban J connectivity index is 2.67. The van der Waals surface area contributed by atoms with Crippen molar-refractivity contribution in [1.82, 2.24) is 4.57 Å². The molecule has 0 bridgehead atoms. The van der Waals surface area contributed by atoms with Crippen LogP contribution < -0.4 is 0 Å². The van der Waals surface area contributed by atoms with E-state index in [9.17, 15) is 0 Å². The Bertz CT molecular complexity index is 594. The fraction of sp³-hybridized carbons (Fsp3) is 0.400. The lowest BCUT2D eigenvalue weighted by molar-refractivity contribution is 0.213. The Labute approximate surface area is 108 Å². The van der Waals surface area contributed by atoms with Crippen molar-refractivity contribution in [3.8, 4) is 0 Å². The summed E-state index contributed by atoms with van der Waals surface area (Å²) < 4.78 is 2.13. The van der Waals surface area contributed by atoms with Gasteiger partial charge in [-0.1, -0.05) is 25.1 Å². The lowest BCUT2D eigenvalue weighted by atomic mass is 10.00. The second-order valence-corrected chi connectivity index (χ2v) is 4.94. The fourth-order valence-electron chi connectivity index (χ4n) is 2.24. The van der Waals surface area contributed by atoms with E-state index in [2.05, 4.69) is 55.0 Å². The first kappa shape index (κ1) is 12.7. The van der Waals surface area contributed by atoms with Gasteiger partial charge in [0, 0.05) is 29.7 Å². The molecule has 0 radical (unpaired) electrons. The predicted molar refractivity (Wildman–Crippen MR) is 76.2 cm³/mol. The molecule has 18 heavy (non-hydrogen) atoms. The highest BCUT2D eigenvalue weighted by Crippen LogP contribution is 2.26. The lowest BCUT2D eigenvalue weighted by Gasteiger charge is -2.06. The number of fused-ring (bicyclic) bond motifs is 1. The van der Waals surface area contributed by atoms with Crippen LogP contribution in [0.25, 0.3) is 10.9 Å². The van der Waals surface area contributed by atoms with E-state index in [0.717, 1.165) is 11.3 Å². The highest BCUT2D eigenvalue weighted by Gasteiger charge is 2.11. The molecule has 1 aromatic heterocycles. The summed E-state index contributed by atoms with van der Waals surface area (Å²) in [6.45, 7) is 6.39. The number of hydrogen-bond donors (Lipinski definition) is 0. The van der Waals surface area contributed by atoms with E-state index < -0.39 is 0 Å². The molecule has 0 unspecified atom stereocenters. The SMILES string of the molecule is CO/N=C(\C)c1cn(C)c2ccc(C(C)C)cc12. The monoisotopic (exact) mass is 244 g/mol. The van der Waals surface area contributed by atoms with Crippen LogP contribution >= 0.6 is 0 Å². The van der Waals surface area contributed by atoms with E-state index in [4.69, 9.17) is 4.84 Å². The first-order valence-electron chi connectivity index (χ1n) is 6.21. The number of benzene rings is 1. The molecule has 0 amide bonds. The molecule has 96 valence electrons. The van der Waals surface area contributed by atoms with Gasteiger partial charge >= 0.3 is 0 Å². The van der Waals surface area contributed by atoms with Gasteiger partial charge in [-0.05, 0) is 30.5 Å². The van der Waals surface area contributed by atoms with Crippen LogP contribution in [0.15, 0.2) is 29.6 Å². The van der Waals surface area contributed by atoms with Crippen LogP contribution in [0, 0.1) is 0 Å². The normalized spacial score (nSPS) is 12.4. The standard InChI is InChI=1S/C15H20N2O/c1-10(2)12-6-7-15-13(8-12)14(9-17(15)4)11(3)16-18-5/h6-10H,1-5H3/b16-11+. The summed E-state index contributed by atoms with van der Waals surface area (Å²) in [4.78, 5) is 4.87. The van der Waals surface area contributed by atoms with Crippen molar-refractivity contribution in [2.75, 3.05) is 7.11 Å². The molecule has 1 heterocycles. The second kappa shape index (κ2) is 4.84. The molecular weight excluding hydrogens is 224 g/mol. The van der Waals surface area contributed by atoms with E-state index in [0.29, 0.717) is 5.92 Å². The highest BCUT2D eigenvalue weighted by atomic mass is 16.6. The average molecular weight is 244 g/mol. The zero-order valence-corrected chi connectivity index (χ0v) is 11.7. The molecule has 0 saturated heterocycles. The maximum absolute atomic E-state index is 4.87. The Morgan fingerprint density at radius 1 is 1.33 bits per heavy atom. The third kappa shape index (κ3) is 2.13. The minimum atomic E-state index is 0.530. The Morgan fingerprint density at radius 2 is 2.06 bits per heavy atom. The zero-order chi connectivity index (χ0) is 13.3. The van der Waals surface area contributed by atoms with E-state index in [1.807, 2.05) is 6.92 Å². The summed E-state index contributed by atoms with van der Waals surface area (Å²) in [5.74, 6) is 0.530. The maximum Gasteiger partial charge on any atom is 0.106 e. The van der Waals surface area contributed by atoms with Gasteiger partial charge in [-0.25, -0.2) is 0 Å². The van der Waals surface area contributed by atoms with Crippen molar-refractivity contribution in [3.63, 3.8) is 0 Å². The molecule has 0 atom stereocenters. The number of hydrogen-bond acceptors (Lipinski definition) is 2. The topological polar surface area (TPSA) is 26.5 Å². The fourth-order valence-corrected chi connectivity index (χ4v) is 2.24. The quantitative estimate of drug-likeness (QED) is 0.597. The van der Waals surface area contributed by atoms with Crippen molar-refractivity contribution >= 4 is 16.6 Å². The number of oxime groups is 1. The Morgan fingerprint density at radius 3 is 2.67 bits per heavy atom. The minimum absolute atomic E-state index is 0.530. The van der Waals surface area contributed by atoms with Crippen LogP contribution in [0.1, 0.15) is 37.8 Å². The summed E-state index contributed by atoms with van der Waals surface area (Å²) in [6, 6.07) is 6.62. The number of nitrogens with zero attached hydrogens (tertiary/aromatic N) is 2. The second-order valence-electron chi connectivity index (χ2n) is 4.94. The van der Waals surface area contributed by atoms with Gasteiger partial charge in [-0.15, -0.1) is 0 Å². The van der Waals surface area contributed by atoms with Gasteiger partial charge in [0.25, 0.3) is 0 Å². The van der Waals surface area contributed by atoms with Crippen molar-refractivity contribution in [1.29, 1.82) is 0 Å². The van der Waals surface area contributed by atoms with Crippen LogP contribution in [-0.2, 0) is 11.9 Å². The van der Waals surface area contributed by atoms with Gasteiger partial charge in [-0.2, -0.15) is 0 Å². The lowest BCUT2D eigenvalue weighted by Crippen LogP contribution is -1.94. The first-order valence-corrected chi connectivity index (χ1v) is 6.21. The van der Waals surface area contributed by atoms with Crippen LogP contribution in [0.3, 0.4) is 0 Å². The van der Waals surface area contributed by atoms with Crippen LogP contribution in [0.2, 0.25) is 0 Å². The Hall–Kier alpha value is -1.77. The van der Waals surface area contributed by atoms with Gasteiger partial charge in [0.05, 0.1) is 5.71 Å². The summed E-state index contributed by atoms with van der Waals surface area (Å²) >= 11 is 0. The van der Waals surface area contributed by atoms with Gasteiger partial charge in [-0.3, -0.25) is 0 Å². The van der Waals surface area contributed by atoms with E-state index in [1.165, 1.54) is 16.5 Å². The molecule has 3 heteroatoms. The summed E-state index contributed by atoms with van der Waals surface area (Å²) in [5.41, 5.74) is 4.61. The number of aromatic nitrogens is 1. The molecule has 0 spiro atoms. The first-order chi connectivity index (χ1) is 8.54. The van der Waals surface area contributed by atoms with Gasteiger partial charge < -0.3 is 9.40 Å². The van der Waals surface area contributed by atoms with Gasteiger partial charge in [0.1, 0.15) is 7.11 Å². The van der Waals surface area contributed by atoms with Crippen LogP contribution in [0.4, 0.5) is 0 Å². The van der Waals surface area contributed by atoms with Crippen molar-refractivity contribution in [2.24, 2.45) is 12.2 Å².